The van der Waals surface area contributed by atoms with E-state index in [1.54, 1.807) is 12.1 Å². The fourth-order valence-electron chi connectivity index (χ4n) is 1.15. The van der Waals surface area contributed by atoms with Crippen molar-refractivity contribution < 1.29 is 4.79 Å². The van der Waals surface area contributed by atoms with E-state index in [1.807, 2.05) is 0 Å². The number of carbonyl (C=O) groups is 1. The normalized spacial score (nSPS) is 10.4. The highest BCUT2D eigenvalue weighted by Crippen LogP contribution is 2.07. The van der Waals surface area contributed by atoms with Crippen molar-refractivity contribution in [3.63, 3.8) is 0 Å². The van der Waals surface area contributed by atoms with Crippen molar-refractivity contribution in [2.45, 2.75) is 0 Å². The highest BCUT2D eigenvalue weighted by Gasteiger charge is 2.03. The number of aromatic nitrogens is 2. The minimum atomic E-state index is -0.410. The van der Waals surface area contributed by atoms with E-state index in [-0.39, 0.29) is 5.56 Å². The summed E-state index contributed by atoms with van der Waals surface area (Å²) in [7, 11) is 0. The maximum absolute atomic E-state index is 11.5. The van der Waals surface area contributed by atoms with Gasteiger partial charge in [-0.3, -0.25) is 14.0 Å². The standard InChI is InChI=1S/C9H5ClN2O2/c10-7-1-2-8-11-3-6(5-13)9(14)12(8)4-7/h1-5H. The summed E-state index contributed by atoms with van der Waals surface area (Å²) in [5.41, 5.74) is 0.0715. The molecule has 0 fully saturated rings. The molecule has 2 aromatic rings. The van der Waals surface area contributed by atoms with E-state index in [9.17, 15) is 9.59 Å². The number of rotatable bonds is 1. The van der Waals surface area contributed by atoms with Gasteiger partial charge in [0.15, 0.2) is 6.29 Å². The van der Waals surface area contributed by atoms with Crippen LogP contribution in [0.5, 0.6) is 0 Å². The lowest BCUT2D eigenvalue weighted by Gasteiger charge is -1.99. The lowest BCUT2D eigenvalue weighted by atomic mass is 10.3. The third-order valence-corrected chi connectivity index (χ3v) is 2.04. The van der Waals surface area contributed by atoms with Gasteiger partial charge in [-0.15, -0.1) is 0 Å². The van der Waals surface area contributed by atoms with Gasteiger partial charge in [-0.05, 0) is 12.1 Å². The molecule has 0 bridgehead atoms. The van der Waals surface area contributed by atoms with E-state index >= 15 is 0 Å². The molecule has 14 heavy (non-hydrogen) atoms. The van der Waals surface area contributed by atoms with Gasteiger partial charge in [-0.1, -0.05) is 11.6 Å². The second kappa shape index (κ2) is 3.23. The highest BCUT2D eigenvalue weighted by molar-refractivity contribution is 6.30. The van der Waals surface area contributed by atoms with Crippen LogP contribution in [-0.4, -0.2) is 15.7 Å². The first-order valence-corrected chi connectivity index (χ1v) is 4.22. The van der Waals surface area contributed by atoms with Gasteiger partial charge in [0.05, 0.1) is 10.6 Å². The molecule has 0 atom stereocenters. The van der Waals surface area contributed by atoms with Gasteiger partial charge in [0.1, 0.15) is 5.65 Å². The van der Waals surface area contributed by atoms with Crippen molar-refractivity contribution in [1.82, 2.24) is 9.38 Å². The molecule has 0 saturated heterocycles. The summed E-state index contributed by atoms with van der Waals surface area (Å²) in [4.78, 5) is 25.9. The van der Waals surface area contributed by atoms with Crippen LogP contribution < -0.4 is 5.56 Å². The van der Waals surface area contributed by atoms with Gasteiger partial charge < -0.3 is 0 Å². The van der Waals surface area contributed by atoms with Crippen molar-refractivity contribution >= 4 is 23.5 Å². The van der Waals surface area contributed by atoms with Crippen LogP contribution in [0.4, 0.5) is 0 Å². The Kier molecular flexibility index (Phi) is 2.05. The molecule has 0 aliphatic rings. The van der Waals surface area contributed by atoms with Gasteiger partial charge in [0.25, 0.3) is 5.56 Å². The van der Waals surface area contributed by atoms with Crippen LogP contribution in [0.25, 0.3) is 5.65 Å². The summed E-state index contributed by atoms with van der Waals surface area (Å²) in [6, 6.07) is 3.24. The largest absolute Gasteiger partial charge is 0.298 e. The Labute approximate surface area is 83.8 Å². The van der Waals surface area contributed by atoms with Crippen molar-refractivity contribution in [3.8, 4) is 0 Å². The van der Waals surface area contributed by atoms with Crippen molar-refractivity contribution in [2.24, 2.45) is 0 Å². The van der Waals surface area contributed by atoms with E-state index in [1.165, 1.54) is 16.8 Å². The van der Waals surface area contributed by atoms with Crippen LogP contribution in [0.15, 0.2) is 29.3 Å². The zero-order chi connectivity index (χ0) is 10.1. The van der Waals surface area contributed by atoms with Gasteiger partial charge in [-0.25, -0.2) is 4.98 Å². The maximum atomic E-state index is 11.5. The van der Waals surface area contributed by atoms with E-state index < -0.39 is 5.56 Å². The Morgan fingerprint density at radius 1 is 1.43 bits per heavy atom. The Bertz CT molecular complexity index is 562. The average Bonchev–Trinajstić information content (AvgIpc) is 2.20. The van der Waals surface area contributed by atoms with Crippen LogP contribution in [0.2, 0.25) is 5.02 Å². The quantitative estimate of drug-likeness (QED) is 0.661. The lowest BCUT2D eigenvalue weighted by Crippen LogP contribution is -2.18. The van der Waals surface area contributed by atoms with Crippen LogP contribution in [0.3, 0.4) is 0 Å². The molecule has 0 N–H and O–H groups in total. The molecule has 2 heterocycles. The molecule has 0 saturated carbocycles. The summed E-state index contributed by atoms with van der Waals surface area (Å²) >= 11 is 5.71. The minimum Gasteiger partial charge on any atom is -0.298 e. The molecule has 0 spiro atoms. The summed E-state index contributed by atoms with van der Waals surface area (Å²) in [6.07, 6.45) is 3.15. The van der Waals surface area contributed by atoms with Crippen molar-refractivity contribution in [2.75, 3.05) is 0 Å². The molecule has 0 aliphatic heterocycles. The predicted octanol–water partition coefficient (Wildman–Crippen LogP) is 1.16. The van der Waals surface area contributed by atoms with Gasteiger partial charge in [0.2, 0.25) is 0 Å². The van der Waals surface area contributed by atoms with Crippen LogP contribution >= 0.6 is 11.6 Å². The van der Waals surface area contributed by atoms with E-state index in [0.717, 1.165) is 0 Å². The molecular formula is C9H5ClN2O2. The molecule has 5 heteroatoms. The summed E-state index contributed by atoms with van der Waals surface area (Å²) in [5.74, 6) is 0. The predicted molar refractivity (Wildman–Crippen MR) is 51.9 cm³/mol. The second-order valence-corrected chi connectivity index (χ2v) is 3.15. The van der Waals surface area contributed by atoms with Crippen LogP contribution in [0.1, 0.15) is 10.4 Å². The number of carbonyl (C=O) groups excluding carboxylic acids is 1. The Morgan fingerprint density at radius 2 is 2.21 bits per heavy atom. The highest BCUT2D eigenvalue weighted by atomic mass is 35.5. The topological polar surface area (TPSA) is 51.4 Å². The smallest absolute Gasteiger partial charge is 0.268 e. The Morgan fingerprint density at radius 3 is 2.93 bits per heavy atom. The lowest BCUT2D eigenvalue weighted by molar-refractivity contribution is 0.112. The summed E-state index contributed by atoms with van der Waals surface area (Å²) in [5, 5.41) is 0.421. The molecule has 0 aromatic carbocycles. The Balaban J connectivity index is 2.93. The van der Waals surface area contributed by atoms with Crippen molar-refractivity contribution in [3.05, 3.63) is 45.5 Å². The molecule has 70 valence electrons. The first-order chi connectivity index (χ1) is 6.72. The molecule has 0 radical (unpaired) electrons. The zero-order valence-corrected chi connectivity index (χ0v) is 7.73. The number of nitrogens with zero attached hydrogens (tertiary/aromatic N) is 2. The monoisotopic (exact) mass is 208 g/mol. The maximum Gasteiger partial charge on any atom is 0.268 e. The van der Waals surface area contributed by atoms with E-state index in [2.05, 4.69) is 4.98 Å². The van der Waals surface area contributed by atoms with Gasteiger partial charge in [0, 0.05) is 12.4 Å². The fourth-order valence-corrected chi connectivity index (χ4v) is 1.31. The molecule has 0 amide bonds. The number of pyridine rings is 1. The summed E-state index contributed by atoms with van der Waals surface area (Å²) < 4.78 is 1.24. The van der Waals surface area contributed by atoms with E-state index in [0.29, 0.717) is 17.0 Å². The minimum absolute atomic E-state index is 0.0183. The molecule has 0 aliphatic carbocycles. The van der Waals surface area contributed by atoms with Gasteiger partial charge in [-0.2, -0.15) is 0 Å². The van der Waals surface area contributed by atoms with Crippen LogP contribution in [-0.2, 0) is 0 Å². The van der Waals surface area contributed by atoms with Crippen LogP contribution in [0, 0.1) is 0 Å². The SMILES string of the molecule is O=Cc1cnc2ccc(Cl)cn2c1=O. The number of fused-ring (bicyclic) bond motifs is 1. The third kappa shape index (κ3) is 1.29. The molecule has 2 rings (SSSR count). The number of hydrogen-bond acceptors (Lipinski definition) is 3. The molecular weight excluding hydrogens is 204 g/mol. The number of halogens is 1. The molecule has 4 nitrogen and oxygen atoms in total. The Hall–Kier alpha value is -1.68. The first-order valence-electron chi connectivity index (χ1n) is 3.84. The second-order valence-electron chi connectivity index (χ2n) is 2.71. The zero-order valence-electron chi connectivity index (χ0n) is 6.98. The number of hydrogen-bond donors (Lipinski definition) is 0. The average molecular weight is 209 g/mol. The summed E-state index contributed by atoms with van der Waals surface area (Å²) in [6.45, 7) is 0. The third-order valence-electron chi connectivity index (χ3n) is 1.82. The van der Waals surface area contributed by atoms with Crippen molar-refractivity contribution in [1.29, 1.82) is 0 Å². The fraction of sp³-hybridized carbons (Fsp3) is 0. The molecule has 0 unspecified atom stereocenters. The number of aldehydes is 1. The molecule has 2 aromatic heterocycles. The van der Waals surface area contributed by atoms with E-state index in [4.69, 9.17) is 11.6 Å². The first kappa shape index (κ1) is 8.90. The van der Waals surface area contributed by atoms with Gasteiger partial charge >= 0.3 is 0 Å².